The summed E-state index contributed by atoms with van der Waals surface area (Å²) in [5, 5.41) is 70.3. The summed E-state index contributed by atoms with van der Waals surface area (Å²) in [6.07, 6.45) is -11.1. The summed E-state index contributed by atoms with van der Waals surface area (Å²) in [6.45, 7) is -2.59. The SMILES string of the molecule is COc1cc(C=CC(=O)O[C@H]2[C@H](O)[C@@H](CO)O[C@@]2(CO)O[C@H]2O[C@H](CO)[C@@H](O)[C@H](O)[C@H]2O)cc(OC)c1OC. The summed E-state index contributed by atoms with van der Waals surface area (Å²) < 4.78 is 37.5. The molecular weight excluding hydrogens is 528 g/mol. The molecule has 220 valence electrons. The van der Waals surface area contributed by atoms with Crippen LogP contribution in [0.25, 0.3) is 6.08 Å². The summed E-state index contributed by atoms with van der Waals surface area (Å²) in [7, 11) is 4.27. The van der Waals surface area contributed by atoms with E-state index in [0.717, 1.165) is 6.08 Å². The molecule has 0 amide bonds. The van der Waals surface area contributed by atoms with Gasteiger partial charge in [0.15, 0.2) is 23.9 Å². The molecule has 2 aliphatic heterocycles. The molecule has 2 fully saturated rings. The standard InChI is InChI=1S/C24H34O15/c1-33-12-6-11(7-13(34-2)21(12)35-3)4-5-16(28)37-22-18(30)15(9-26)38-24(22,10-27)39-23-20(32)19(31)17(29)14(8-25)36-23/h4-7,14-15,17-20,22-23,25-27,29-32H,8-10H2,1-3H3/t14-,15-,17-,18-,19+,20-,22+,23-,24+/m1/s1. The van der Waals surface area contributed by atoms with Gasteiger partial charge in [0.25, 0.3) is 0 Å². The highest BCUT2D eigenvalue weighted by Crippen LogP contribution is 2.39. The van der Waals surface area contributed by atoms with Gasteiger partial charge in [-0.3, -0.25) is 0 Å². The number of hydrogen-bond acceptors (Lipinski definition) is 15. The maximum Gasteiger partial charge on any atom is 0.331 e. The van der Waals surface area contributed by atoms with Crippen molar-refractivity contribution in [3.63, 3.8) is 0 Å². The van der Waals surface area contributed by atoms with Crippen molar-refractivity contribution in [2.75, 3.05) is 41.2 Å². The summed E-state index contributed by atoms with van der Waals surface area (Å²) in [4.78, 5) is 12.7. The average molecular weight is 563 g/mol. The van der Waals surface area contributed by atoms with Crippen LogP contribution in [0.3, 0.4) is 0 Å². The quantitative estimate of drug-likeness (QED) is 0.105. The number of esters is 1. The Morgan fingerprint density at radius 3 is 2.03 bits per heavy atom. The van der Waals surface area contributed by atoms with E-state index in [-0.39, 0.29) is 0 Å². The van der Waals surface area contributed by atoms with E-state index in [4.69, 9.17) is 33.2 Å². The third-order valence-electron chi connectivity index (χ3n) is 6.38. The van der Waals surface area contributed by atoms with Crippen LogP contribution < -0.4 is 14.2 Å². The molecule has 7 N–H and O–H groups in total. The van der Waals surface area contributed by atoms with Crippen molar-refractivity contribution in [1.82, 2.24) is 0 Å². The molecule has 1 aromatic carbocycles. The molecule has 39 heavy (non-hydrogen) atoms. The number of carbonyl (C=O) groups excluding carboxylic acids is 1. The zero-order chi connectivity index (χ0) is 28.9. The first kappa shape index (κ1) is 31.0. The lowest BCUT2D eigenvalue weighted by atomic mass is 9.99. The zero-order valence-corrected chi connectivity index (χ0v) is 21.4. The van der Waals surface area contributed by atoms with Crippen LogP contribution in [0, 0.1) is 0 Å². The summed E-state index contributed by atoms with van der Waals surface area (Å²) in [5.74, 6) is -2.43. The Balaban J connectivity index is 1.84. The summed E-state index contributed by atoms with van der Waals surface area (Å²) >= 11 is 0. The highest BCUT2D eigenvalue weighted by molar-refractivity contribution is 5.87. The molecule has 3 rings (SSSR count). The molecule has 0 radical (unpaired) electrons. The summed E-state index contributed by atoms with van der Waals surface area (Å²) in [6, 6.07) is 3.11. The van der Waals surface area contributed by atoms with Crippen molar-refractivity contribution in [3.8, 4) is 17.2 Å². The monoisotopic (exact) mass is 562 g/mol. The first-order valence-electron chi connectivity index (χ1n) is 11.8. The van der Waals surface area contributed by atoms with E-state index in [0.29, 0.717) is 22.8 Å². The van der Waals surface area contributed by atoms with Gasteiger partial charge in [-0.1, -0.05) is 0 Å². The van der Waals surface area contributed by atoms with Gasteiger partial charge in [0, 0.05) is 6.08 Å². The van der Waals surface area contributed by atoms with Crippen LogP contribution in [0.2, 0.25) is 0 Å². The Morgan fingerprint density at radius 2 is 1.51 bits per heavy atom. The smallest absolute Gasteiger partial charge is 0.331 e. The third kappa shape index (κ3) is 6.28. The van der Waals surface area contributed by atoms with Gasteiger partial charge in [-0.15, -0.1) is 0 Å². The molecule has 0 unspecified atom stereocenters. The molecule has 2 saturated heterocycles. The fourth-order valence-electron chi connectivity index (χ4n) is 4.30. The highest BCUT2D eigenvalue weighted by atomic mass is 16.8. The molecule has 0 spiro atoms. The van der Waals surface area contributed by atoms with Gasteiger partial charge in [-0.25, -0.2) is 4.79 Å². The molecular formula is C24H34O15. The van der Waals surface area contributed by atoms with Crippen molar-refractivity contribution < 1.29 is 73.7 Å². The number of methoxy groups -OCH3 is 3. The fourth-order valence-corrected chi connectivity index (χ4v) is 4.30. The van der Waals surface area contributed by atoms with E-state index >= 15 is 0 Å². The van der Waals surface area contributed by atoms with Crippen LogP contribution in [0.15, 0.2) is 18.2 Å². The topological polar surface area (TPSA) is 223 Å². The third-order valence-corrected chi connectivity index (χ3v) is 6.38. The van der Waals surface area contributed by atoms with Crippen molar-refractivity contribution in [2.24, 2.45) is 0 Å². The molecule has 9 atom stereocenters. The number of benzene rings is 1. The maximum absolute atomic E-state index is 12.7. The van der Waals surface area contributed by atoms with Gasteiger partial charge in [-0.05, 0) is 23.8 Å². The molecule has 15 nitrogen and oxygen atoms in total. The van der Waals surface area contributed by atoms with Crippen molar-refractivity contribution in [1.29, 1.82) is 0 Å². The number of aliphatic hydroxyl groups excluding tert-OH is 7. The Kier molecular flexibility index (Phi) is 10.5. The number of carbonyl (C=O) groups is 1. The maximum atomic E-state index is 12.7. The Bertz CT molecular complexity index is 975. The van der Waals surface area contributed by atoms with Crippen molar-refractivity contribution >= 4 is 12.0 Å². The average Bonchev–Trinajstić information content (AvgIpc) is 3.21. The number of hydrogen-bond donors (Lipinski definition) is 7. The molecule has 0 bridgehead atoms. The first-order valence-corrected chi connectivity index (χ1v) is 11.8. The minimum atomic E-state index is -2.38. The fraction of sp³-hybridized carbons (Fsp3) is 0.625. The van der Waals surface area contributed by atoms with E-state index in [2.05, 4.69) is 0 Å². The van der Waals surface area contributed by atoms with Gasteiger partial charge in [-0.2, -0.15) is 0 Å². The largest absolute Gasteiger partial charge is 0.493 e. The van der Waals surface area contributed by atoms with Crippen LogP contribution in [-0.2, 0) is 23.7 Å². The predicted octanol–water partition coefficient (Wildman–Crippen LogP) is -3.11. The molecule has 0 aromatic heterocycles. The van der Waals surface area contributed by atoms with Crippen LogP contribution in [0.1, 0.15) is 5.56 Å². The van der Waals surface area contributed by atoms with Crippen LogP contribution >= 0.6 is 0 Å². The van der Waals surface area contributed by atoms with E-state index in [1.165, 1.54) is 27.4 Å². The van der Waals surface area contributed by atoms with Crippen molar-refractivity contribution in [3.05, 3.63) is 23.8 Å². The Labute approximate surface area is 223 Å². The van der Waals surface area contributed by atoms with Gasteiger partial charge < -0.3 is 68.9 Å². The van der Waals surface area contributed by atoms with Crippen LogP contribution in [-0.4, -0.2) is 138 Å². The normalized spacial score (nSPS) is 34.7. The second-order valence-corrected chi connectivity index (χ2v) is 8.76. The van der Waals surface area contributed by atoms with Gasteiger partial charge in [0.2, 0.25) is 11.5 Å². The van der Waals surface area contributed by atoms with Crippen molar-refractivity contribution in [2.45, 2.75) is 54.8 Å². The molecule has 2 heterocycles. The second kappa shape index (κ2) is 13.2. The molecule has 0 aliphatic carbocycles. The number of ether oxygens (including phenoxy) is 7. The van der Waals surface area contributed by atoms with E-state index in [9.17, 15) is 40.5 Å². The lowest BCUT2D eigenvalue weighted by molar-refractivity contribution is -0.383. The lowest BCUT2D eigenvalue weighted by Gasteiger charge is -2.43. The molecule has 15 heteroatoms. The minimum absolute atomic E-state index is 0.322. The van der Waals surface area contributed by atoms with Gasteiger partial charge in [0.1, 0.15) is 43.2 Å². The van der Waals surface area contributed by atoms with Gasteiger partial charge in [0.05, 0.1) is 34.5 Å². The predicted molar refractivity (Wildman–Crippen MR) is 128 cm³/mol. The first-order chi connectivity index (χ1) is 18.6. The lowest BCUT2D eigenvalue weighted by Crippen LogP contribution is -2.63. The van der Waals surface area contributed by atoms with E-state index < -0.39 is 80.6 Å². The molecule has 1 aromatic rings. The van der Waals surface area contributed by atoms with Crippen LogP contribution in [0.5, 0.6) is 17.2 Å². The minimum Gasteiger partial charge on any atom is -0.493 e. The second-order valence-electron chi connectivity index (χ2n) is 8.76. The van der Waals surface area contributed by atoms with E-state index in [1.54, 1.807) is 12.1 Å². The summed E-state index contributed by atoms with van der Waals surface area (Å²) in [5.41, 5.74) is 0.448. The van der Waals surface area contributed by atoms with Gasteiger partial charge >= 0.3 is 5.97 Å². The Hall–Kier alpha value is -2.57. The highest BCUT2D eigenvalue weighted by Gasteiger charge is 2.60. The van der Waals surface area contributed by atoms with Crippen LogP contribution in [0.4, 0.5) is 0 Å². The number of aliphatic hydroxyl groups is 7. The Morgan fingerprint density at radius 1 is 0.897 bits per heavy atom. The number of rotatable bonds is 11. The molecule has 0 saturated carbocycles. The zero-order valence-electron chi connectivity index (χ0n) is 21.4. The van der Waals surface area contributed by atoms with E-state index in [1.807, 2.05) is 0 Å². The molecule has 2 aliphatic rings.